The lowest BCUT2D eigenvalue weighted by molar-refractivity contribution is 0.591. The second-order valence-corrected chi connectivity index (χ2v) is 11.0. The van der Waals surface area contributed by atoms with Gasteiger partial charge in [-0.15, -0.1) is 6.58 Å². The van der Waals surface area contributed by atoms with E-state index in [0.717, 1.165) is 19.7 Å². The number of hydrogen-bond donors (Lipinski definition) is 0. The first kappa shape index (κ1) is 24.1. The smallest absolute Gasteiger partial charge is 0.260 e. The molecule has 33 heavy (non-hydrogen) atoms. The zero-order valence-corrected chi connectivity index (χ0v) is 20.0. The summed E-state index contributed by atoms with van der Waals surface area (Å²) >= 11 is 0. The first-order valence-electron chi connectivity index (χ1n) is 10.0. The SMILES string of the molecule is C#CN(c1ccccc1N(CC=C)S(=O)(=O)c1ccc(C)cc1)S(=O)(=O)c1ccc(C)cc1. The van der Waals surface area contributed by atoms with Gasteiger partial charge in [0.25, 0.3) is 20.0 Å². The minimum atomic E-state index is -4.16. The number of nitrogens with zero attached hydrogens (tertiary/aromatic N) is 2. The summed E-state index contributed by atoms with van der Waals surface area (Å²) in [5.41, 5.74) is 1.96. The third-order valence-corrected chi connectivity index (χ3v) is 8.39. The Labute approximate surface area is 195 Å². The van der Waals surface area contributed by atoms with Gasteiger partial charge in [0.2, 0.25) is 0 Å². The Morgan fingerprint density at radius 3 is 1.70 bits per heavy atom. The molecule has 0 atom stereocenters. The Bertz CT molecular complexity index is 1400. The van der Waals surface area contributed by atoms with Crippen LogP contribution in [0.15, 0.2) is 95.2 Å². The van der Waals surface area contributed by atoms with Crippen molar-refractivity contribution in [2.45, 2.75) is 23.6 Å². The Balaban J connectivity index is 2.18. The molecule has 3 aromatic carbocycles. The molecule has 0 saturated carbocycles. The first-order valence-corrected chi connectivity index (χ1v) is 12.9. The lowest BCUT2D eigenvalue weighted by Gasteiger charge is -2.28. The maximum atomic E-state index is 13.5. The molecule has 0 radical (unpaired) electrons. The monoisotopic (exact) mass is 480 g/mol. The second kappa shape index (κ2) is 9.53. The van der Waals surface area contributed by atoms with Crippen molar-refractivity contribution in [2.75, 3.05) is 15.2 Å². The van der Waals surface area contributed by atoms with Crippen LogP contribution in [0, 0.1) is 26.3 Å². The standard InChI is InChI=1S/C25H24N2O4S2/c1-5-19-27(33(30,31)23-17-13-21(4)14-18-23)25-10-8-7-9-24(25)26(6-2)32(28,29)22-15-11-20(3)12-16-22/h2,5,7-18H,1,19H2,3-4H3. The zero-order valence-electron chi connectivity index (χ0n) is 18.3. The van der Waals surface area contributed by atoms with Crippen LogP contribution in [0.4, 0.5) is 11.4 Å². The fraction of sp³-hybridized carbons (Fsp3) is 0.120. The predicted octanol–water partition coefficient (Wildman–Crippen LogP) is 4.47. The van der Waals surface area contributed by atoms with Crippen LogP contribution in [0.2, 0.25) is 0 Å². The van der Waals surface area contributed by atoms with E-state index in [1.165, 1.54) is 42.5 Å². The van der Waals surface area contributed by atoms with Crippen molar-refractivity contribution >= 4 is 31.4 Å². The minimum Gasteiger partial charge on any atom is -0.260 e. The van der Waals surface area contributed by atoms with Crippen LogP contribution < -0.4 is 8.61 Å². The number of aryl methyl sites for hydroxylation is 2. The van der Waals surface area contributed by atoms with Gasteiger partial charge in [0.1, 0.15) is 0 Å². The van der Waals surface area contributed by atoms with Crippen LogP contribution in [-0.2, 0) is 20.0 Å². The molecule has 3 aromatic rings. The van der Waals surface area contributed by atoms with E-state index in [-0.39, 0.29) is 27.7 Å². The number of anilines is 2. The molecule has 0 aliphatic carbocycles. The highest BCUT2D eigenvalue weighted by Crippen LogP contribution is 2.35. The Morgan fingerprint density at radius 1 is 0.788 bits per heavy atom. The molecule has 0 heterocycles. The summed E-state index contributed by atoms with van der Waals surface area (Å²) in [5, 5.41) is 0. The first-order chi connectivity index (χ1) is 15.6. The van der Waals surface area contributed by atoms with Gasteiger partial charge >= 0.3 is 0 Å². The molecule has 0 aliphatic heterocycles. The maximum absolute atomic E-state index is 13.5. The number of sulfonamides is 2. The largest absolute Gasteiger partial charge is 0.275 e. The molecule has 0 aromatic heterocycles. The van der Waals surface area contributed by atoms with Gasteiger partial charge in [-0.3, -0.25) is 4.31 Å². The highest BCUT2D eigenvalue weighted by atomic mass is 32.2. The van der Waals surface area contributed by atoms with Gasteiger partial charge in [-0.1, -0.05) is 60.0 Å². The highest BCUT2D eigenvalue weighted by molar-refractivity contribution is 7.93. The van der Waals surface area contributed by atoms with E-state index in [0.29, 0.717) is 0 Å². The number of benzene rings is 3. The van der Waals surface area contributed by atoms with Crippen LogP contribution in [-0.4, -0.2) is 23.4 Å². The second-order valence-electron chi connectivity index (χ2n) is 7.34. The summed E-state index contributed by atoms with van der Waals surface area (Å²) in [6.45, 7) is 7.28. The molecule has 0 bridgehead atoms. The van der Waals surface area contributed by atoms with E-state index in [1.807, 2.05) is 13.8 Å². The summed E-state index contributed by atoms with van der Waals surface area (Å²) in [6, 6.07) is 21.1. The number of hydrogen-bond acceptors (Lipinski definition) is 4. The van der Waals surface area contributed by atoms with Crippen molar-refractivity contribution in [2.24, 2.45) is 0 Å². The van der Waals surface area contributed by atoms with Gasteiger partial charge in [0.05, 0.1) is 27.7 Å². The summed E-state index contributed by atoms with van der Waals surface area (Å²) in [6.07, 6.45) is 7.07. The molecule has 0 saturated heterocycles. The topological polar surface area (TPSA) is 74.8 Å². The van der Waals surface area contributed by atoms with E-state index in [2.05, 4.69) is 12.6 Å². The quantitative estimate of drug-likeness (QED) is 0.271. The number of terminal acetylenes is 1. The molecule has 0 spiro atoms. The number of rotatable bonds is 8. The van der Waals surface area contributed by atoms with Crippen LogP contribution >= 0.6 is 0 Å². The molecule has 8 heteroatoms. The van der Waals surface area contributed by atoms with Gasteiger partial charge in [-0.05, 0) is 50.2 Å². The molecule has 0 unspecified atom stereocenters. The van der Waals surface area contributed by atoms with Crippen LogP contribution in [0.1, 0.15) is 11.1 Å². The predicted molar refractivity (Wildman–Crippen MR) is 132 cm³/mol. The van der Waals surface area contributed by atoms with E-state index < -0.39 is 20.0 Å². The molecule has 6 nitrogen and oxygen atoms in total. The summed E-state index contributed by atoms with van der Waals surface area (Å²) < 4.78 is 55.6. The van der Waals surface area contributed by atoms with Crippen molar-refractivity contribution in [3.8, 4) is 12.5 Å². The van der Waals surface area contributed by atoms with Crippen molar-refractivity contribution in [1.29, 1.82) is 0 Å². The fourth-order valence-electron chi connectivity index (χ4n) is 3.21. The maximum Gasteiger partial charge on any atom is 0.275 e. The van der Waals surface area contributed by atoms with Crippen LogP contribution in [0.5, 0.6) is 0 Å². The summed E-state index contributed by atoms with van der Waals surface area (Å²) in [4.78, 5) is 0.0657. The van der Waals surface area contributed by atoms with Gasteiger partial charge < -0.3 is 0 Å². The Morgan fingerprint density at radius 2 is 1.24 bits per heavy atom. The van der Waals surface area contributed by atoms with E-state index >= 15 is 0 Å². The van der Waals surface area contributed by atoms with Crippen molar-refractivity contribution in [1.82, 2.24) is 0 Å². The number of para-hydroxylation sites is 2. The molecule has 0 aliphatic rings. The van der Waals surface area contributed by atoms with Gasteiger partial charge in [0.15, 0.2) is 0 Å². The summed E-state index contributed by atoms with van der Waals surface area (Å²) in [7, 11) is -8.20. The van der Waals surface area contributed by atoms with Crippen LogP contribution in [0.25, 0.3) is 0 Å². The van der Waals surface area contributed by atoms with E-state index in [9.17, 15) is 16.8 Å². The average molecular weight is 481 g/mol. The third-order valence-electron chi connectivity index (χ3n) is 4.95. The fourth-order valence-corrected chi connectivity index (χ4v) is 5.90. The molecule has 0 fully saturated rings. The molecule has 170 valence electrons. The van der Waals surface area contributed by atoms with Gasteiger partial charge in [0, 0.05) is 6.04 Å². The van der Waals surface area contributed by atoms with Gasteiger partial charge in [-0.2, -0.15) is 4.31 Å². The minimum absolute atomic E-state index is 0.00230. The van der Waals surface area contributed by atoms with Crippen molar-refractivity contribution in [3.05, 3.63) is 96.6 Å². The molecule has 3 rings (SSSR count). The highest BCUT2D eigenvalue weighted by Gasteiger charge is 2.31. The Hall–Kier alpha value is -3.54. The molecular weight excluding hydrogens is 456 g/mol. The summed E-state index contributed by atoms with van der Waals surface area (Å²) in [5.74, 6) is 0. The van der Waals surface area contributed by atoms with E-state index in [4.69, 9.17) is 6.42 Å². The molecule has 0 amide bonds. The molecular formula is C25H24N2O4S2. The molecule has 0 N–H and O–H groups in total. The normalized spacial score (nSPS) is 11.4. The zero-order chi connectivity index (χ0) is 24.2. The van der Waals surface area contributed by atoms with Crippen LogP contribution in [0.3, 0.4) is 0 Å². The van der Waals surface area contributed by atoms with Crippen molar-refractivity contribution in [3.63, 3.8) is 0 Å². The third kappa shape index (κ3) is 4.80. The van der Waals surface area contributed by atoms with E-state index in [1.54, 1.807) is 36.4 Å². The lowest BCUT2D eigenvalue weighted by atomic mass is 10.2. The lowest BCUT2D eigenvalue weighted by Crippen LogP contribution is -2.34. The van der Waals surface area contributed by atoms with Crippen molar-refractivity contribution < 1.29 is 16.8 Å². The Kier molecular flexibility index (Phi) is 6.96. The van der Waals surface area contributed by atoms with Gasteiger partial charge in [-0.25, -0.2) is 16.8 Å². The average Bonchev–Trinajstić information content (AvgIpc) is 2.79.